The number of phenols is 1. The molecule has 4 heteroatoms. The average molecular weight is 267 g/mol. The molecule has 0 bridgehead atoms. The monoisotopic (exact) mass is 267 g/mol. The Bertz CT molecular complexity index is 420. The van der Waals surface area contributed by atoms with Crippen molar-refractivity contribution in [1.29, 1.82) is 0 Å². The van der Waals surface area contributed by atoms with Crippen molar-refractivity contribution in [2.75, 3.05) is 19.1 Å². The van der Waals surface area contributed by atoms with Crippen LogP contribution in [0, 0.1) is 6.92 Å². The zero-order valence-corrected chi connectivity index (χ0v) is 12.3. The molecule has 1 amide bonds. The van der Waals surface area contributed by atoms with Crippen LogP contribution in [0.4, 0.5) is 0 Å². The predicted octanol–water partition coefficient (Wildman–Crippen LogP) is 2.91. The van der Waals surface area contributed by atoms with E-state index in [9.17, 15) is 9.90 Å². The second kappa shape index (κ2) is 6.69. The highest BCUT2D eigenvalue weighted by molar-refractivity contribution is 7.98. The van der Waals surface area contributed by atoms with Gasteiger partial charge in [-0.05, 0) is 37.3 Å². The number of aryl methyl sites for hydroxylation is 1. The molecule has 0 aliphatic carbocycles. The van der Waals surface area contributed by atoms with E-state index in [-0.39, 0.29) is 17.7 Å². The van der Waals surface area contributed by atoms with Gasteiger partial charge in [-0.2, -0.15) is 11.8 Å². The van der Waals surface area contributed by atoms with E-state index < -0.39 is 0 Å². The number of aromatic hydroxyl groups is 1. The summed E-state index contributed by atoms with van der Waals surface area (Å²) in [6.07, 6.45) is 2.97. The van der Waals surface area contributed by atoms with Gasteiger partial charge in [0.05, 0.1) is 0 Å². The molecule has 100 valence electrons. The molecule has 0 aliphatic rings. The number of carbonyl (C=O) groups excluding carboxylic acids is 1. The third-order valence-corrected chi connectivity index (χ3v) is 3.87. The molecular weight excluding hydrogens is 246 g/mol. The largest absolute Gasteiger partial charge is 0.508 e. The van der Waals surface area contributed by atoms with Crippen molar-refractivity contribution in [2.24, 2.45) is 0 Å². The second-order valence-electron chi connectivity index (χ2n) is 4.43. The number of benzene rings is 1. The van der Waals surface area contributed by atoms with E-state index in [1.165, 1.54) is 0 Å². The lowest BCUT2D eigenvalue weighted by atomic mass is 10.1. The molecule has 1 aromatic carbocycles. The van der Waals surface area contributed by atoms with Crippen molar-refractivity contribution in [3.05, 3.63) is 29.3 Å². The SMILES string of the molecule is CCC(CSC)N(C)C(=O)c1ccc(C)c(O)c1. The molecule has 3 nitrogen and oxygen atoms in total. The first-order valence-electron chi connectivity index (χ1n) is 6.07. The maximum Gasteiger partial charge on any atom is 0.254 e. The van der Waals surface area contributed by atoms with E-state index in [4.69, 9.17) is 0 Å². The minimum Gasteiger partial charge on any atom is -0.508 e. The second-order valence-corrected chi connectivity index (χ2v) is 5.35. The van der Waals surface area contributed by atoms with Gasteiger partial charge in [-0.25, -0.2) is 0 Å². The lowest BCUT2D eigenvalue weighted by molar-refractivity contribution is 0.0743. The van der Waals surface area contributed by atoms with Crippen molar-refractivity contribution in [3.63, 3.8) is 0 Å². The quantitative estimate of drug-likeness (QED) is 0.891. The summed E-state index contributed by atoms with van der Waals surface area (Å²) < 4.78 is 0. The number of hydrogen-bond acceptors (Lipinski definition) is 3. The number of amides is 1. The first-order valence-corrected chi connectivity index (χ1v) is 7.46. The van der Waals surface area contributed by atoms with Gasteiger partial charge in [-0.1, -0.05) is 13.0 Å². The number of thioether (sulfide) groups is 1. The van der Waals surface area contributed by atoms with Gasteiger partial charge in [-0.15, -0.1) is 0 Å². The summed E-state index contributed by atoms with van der Waals surface area (Å²) in [5, 5.41) is 9.66. The molecule has 0 spiro atoms. The van der Waals surface area contributed by atoms with Gasteiger partial charge < -0.3 is 10.0 Å². The maximum atomic E-state index is 12.3. The summed E-state index contributed by atoms with van der Waals surface area (Å²) in [6.45, 7) is 3.90. The predicted molar refractivity (Wildman–Crippen MR) is 77.4 cm³/mol. The molecule has 0 radical (unpaired) electrons. The van der Waals surface area contributed by atoms with Crippen molar-refractivity contribution < 1.29 is 9.90 Å². The molecule has 1 N–H and O–H groups in total. The van der Waals surface area contributed by atoms with Crippen LogP contribution in [-0.4, -0.2) is 41.0 Å². The van der Waals surface area contributed by atoms with Gasteiger partial charge in [0.15, 0.2) is 0 Å². The van der Waals surface area contributed by atoms with Crippen molar-refractivity contribution in [1.82, 2.24) is 4.90 Å². The molecule has 1 atom stereocenters. The lowest BCUT2D eigenvalue weighted by Gasteiger charge is -2.27. The maximum absolute atomic E-state index is 12.3. The third kappa shape index (κ3) is 3.42. The van der Waals surface area contributed by atoms with Crippen molar-refractivity contribution in [3.8, 4) is 5.75 Å². The minimum absolute atomic E-state index is 0.0359. The number of phenolic OH excluding ortho intramolecular Hbond substituents is 1. The number of rotatable bonds is 5. The highest BCUT2D eigenvalue weighted by Gasteiger charge is 2.19. The van der Waals surface area contributed by atoms with Crippen LogP contribution in [0.15, 0.2) is 18.2 Å². The molecule has 0 fully saturated rings. The number of nitrogens with zero attached hydrogens (tertiary/aromatic N) is 1. The Morgan fingerprint density at radius 2 is 2.17 bits per heavy atom. The van der Waals surface area contributed by atoms with Crippen LogP contribution in [0.5, 0.6) is 5.75 Å². The van der Waals surface area contributed by atoms with E-state index in [0.717, 1.165) is 17.7 Å². The van der Waals surface area contributed by atoms with E-state index >= 15 is 0 Å². The number of carbonyl (C=O) groups is 1. The minimum atomic E-state index is -0.0359. The van der Waals surface area contributed by atoms with E-state index in [0.29, 0.717) is 5.56 Å². The van der Waals surface area contributed by atoms with Gasteiger partial charge >= 0.3 is 0 Å². The zero-order chi connectivity index (χ0) is 13.7. The molecule has 1 aromatic rings. The van der Waals surface area contributed by atoms with Crippen LogP contribution in [0.3, 0.4) is 0 Å². The zero-order valence-electron chi connectivity index (χ0n) is 11.4. The van der Waals surface area contributed by atoms with E-state index in [2.05, 4.69) is 6.92 Å². The van der Waals surface area contributed by atoms with Crippen molar-refractivity contribution >= 4 is 17.7 Å². The topological polar surface area (TPSA) is 40.5 Å². The molecule has 0 heterocycles. The number of hydrogen-bond donors (Lipinski definition) is 1. The Kier molecular flexibility index (Phi) is 5.54. The Hall–Kier alpha value is -1.16. The van der Waals surface area contributed by atoms with Crippen LogP contribution in [-0.2, 0) is 0 Å². The third-order valence-electron chi connectivity index (χ3n) is 3.15. The fourth-order valence-electron chi connectivity index (χ4n) is 1.81. The summed E-state index contributed by atoms with van der Waals surface area (Å²) in [4.78, 5) is 14.1. The Balaban J connectivity index is 2.88. The first-order chi connectivity index (χ1) is 8.51. The van der Waals surface area contributed by atoms with Gasteiger partial charge in [0, 0.05) is 24.4 Å². The van der Waals surface area contributed by atoms with E-state index in [1.807, 2.05) is 20.2 Å². The lowest BCUT2D eigenvalue weighted by Crippen LogP contribution is -2.38. The van der Waals surface area contributed by atoms with Gasteiger partial charge in [0.2, 0.25) is 0 Å². The van der Waals surface area contributed by atoms with Crippen LogP contribution < -0.4 is 0 Å². The summed E-state index contributed by atoms with van der Waals surface area (Å²) >= 11 is 1.74. The van der Waals surface area contributed by atoms with Gasteiger partial charge in [0.1, 0.15) is 5.75 Å². The van der Waals surface area contributed by atoms with Crippen molar-refractivity contribution in [2.45, 2.75) is 26.3 Å². The van der Waals surface area contributed by atoms with Crippen LogP contribution in [0.25, 0.3) is 0 Å². The Labute approximate surface area is 113 Å². The fraction of sp³-hybridized carbons (Fsp3) is 0.500. The van der Waals surface area contributed by atoms with Crippen LogP contribution in [0.2, 0.25) is 0 Å². The smallest absolute Gasteiger partial charge is 0.254 e. The summed E-state index contributed by atoms with van der Waals surface area (Å²) in [5.74, 6) is 1.06. The van der Waals surface area contributed by atoms with Crippen LogP contribution in [0.1, 0.15) is 29.3 Å². The molecule has 1 unspecified atom stereocenters. The molecular formula is C14H21NO2S. The molecule has 0 saturated heterocycles. The van der Waals surface area contributed by atoms with E-state index in [1.54, 1.807) is 34.9 Å². The highest BCUT2D eigenvalue weighted by Crippen LogP contribution is 2.19. The fourth-order valence-corrected chi connectivity index (χ4v) is 2.65. The molecule has 0 saturated carbocycles. The van der Waals surface area contributed by atoms with Gasteiger partial charge in [0.25, 0.3) is 5.91 Å². The Morgan fingerprint density at radius 3 is 2.67 bits per heavy atom. The first kappa shape index (κ1) is 14.9. The molecule has 0 aromatic heterocycles. The summed E-state index contributed by atoms with van der Waals surface area (Å²) in [5.41, 5.74) is 1.32. The normalized spacial score (nSPS) is 12.2. The van der Waals surface area contributed by atoms with Crippen LogP contribution >= 0.6 is 11.8 Å². The summed E-state index contributed by atoms with van der Waals surface area (Å²) in [7, 11) is 1.82. The highest BCUT2D eigenvalue weighted by atomic mass is 32.2. The molecule has 0 aliphatic heterocycles. The Morgan fingerprint density at radius 1 is 1.50 bits per heavy atom. The molecule has 1 rings (SSSR count). The summed E-state index contributed by atoms with van der Waals surface area (Å²) in [6, 6.07) is 5.31. The molecule has 18 heavy (non-hydrogen) atoms. The average Bonchev–Trinajstić information content (AvgIpc) is 2.37. The van der Waals surface area contributed by atoms with Gasteiger partial charge in [-0.3, -0.25) is 4.79 Å². The standard InChI is InChI=1S/C14H21NO2S/c1-5-12(9-18-4)15(3)14(17)11-7-6-10(2)13(16)8-11/h6-8,12,16H,5,9H2,1-4H3.